The van der Waals surface area contributed by atoms with Gasteiger partial charge in [-0.1, -0.05) is 29.8 Å². The number of nitrogens with zero attached hydrogens (tertiary/aromatic N) is 5. The number of esters is 1. The monoisotopic (exact) mass is 659 g/mol. The number of anilines is 2. The summed E-state index contributed by atoms with van der Waals surface area (Å²) in [5.74, 6) is -0.506. The SMILES string of the molecule is CCOC(=O)c1cnn(C2CCCN(c3cc(Cl)ccc3-c3ccc(N4CCN(C(=O)OCC5CC5)CC4)cc3)C2)c1C(F)(F)F. The Hall–Kier alpha value is -3.93. The maximum absolute atomic E-state index is 14.2. The Kier molecular flexibility index (Phi) is 9.35. The molecule has 1 amide bonds. The van der Waals surface area contributed by atoms with Crippen LogP contribution in [-0.2, 0) is 15.7 Å². The van der Waals surface area contributed by atoms with Crippen LogP contribution in [0.1, 0.15) is 54.7 Å². The first-order chi connectivity index (χ1) is 22.1. The quantitative estimate of drug-likeness (QED) is 0.243. The van der Waals surface area contributed by atoms with Crippen LogP contribution in [0.3, 0.4) is 0 Å². The summed E-state index contributed by atoms with van der Waals surface area (Å²) in [6.07, 6.45) is -0.691. The molecule has 3 heterocycles. The zero-order chi connectivity index (χ0) is 32.4. The fourth-order valence-corrected chi connectivity index (χ4v) is 6.39. The Bertz CT molecular complexity index is 1550. The second-order valence-electron chi connectivity index (χ2n) is 12.0. The van der Waals surface area contributed by atoms with Gasteiger partial charge in [-0.05, 0) is 68.4 Å². The summed E-state index contributed by atoms with van der Waals surface area (Å²) in [5, 5.41) is 4.55. The van der Waals surface area contributed by atoms with Crippen LogP contribution in [0.4, 0.5) is 29.3 Å². The van der Waals surface area contributed by atoms with Gasteiger partial charge in [-0.15, -0.1) is 0 Å². The predicted octanol–water partition coefficient (Wildman–Crippen LogP) is 6.91. The molecule has 1 atom stereocenters. The van der Waals surface area contributed by atoms with E-state index >= 15 is 0 Å². The van der Waals surface area contributed by atoms with Crippen molar-refractivity contribution < 1.29 is 32.2 Å². The molecule has 3 aliphatic rings. The van der Waals surface area contributed by atoms with Gasteiger partial charge in [-0.2, -0.15) is 18.3 Å². The third-order valence-electron chi connectivity index (χ3n) is 8.82. The molecular formula is C33H37ClF3N5O4. The molecule has 0 bridgehead atoms. The highest BCUT2D eigenvalue weighted by atomic mass is 35.5. The standard InChI is InChI=1S/C33H37ClF3N5O4/c1-2-45-31(43)28-19-38-42(30(28)33(35,36)37)26-4-3-13-41(20-26)29-18-24(34)9-12-27(29)23-7-10-25(11-8-23)39-14-16-40(17-15-39)32(44)46-21-22-5-6-22/h7-12,18-19,22,26H,2-6,13-17,20-21H2,1H3. The Labute approximate surface area is 270 Å². The van der Waals surface area contributed by atoms with Gasteiger partial charge in [0, 0.05) is 61.2 Å². The molecular weight excluding hydrogens is 623 g/mol. The van der Waals surface area contributed by atoms with E-state index in [4.69, 9.17) is 21.1 Å². The third kappa shape index (κ3) is 7.06. The maximum atomic E-state index is 14.2. The van der Waals surface area contributed by atoms with Crippen LogP contribution in [0.25, 0.3) is 11.1 Å². The highest BCUT2D eigenvalue weighted by Crippen LogP contribution is 2.40. The van der Waals surface area contributed by atoms with Crippen molar-refractivity contribution in [1.82, 2.24) is 14.7 Å². The smallest absolute Gasteiger partial charge is 0.433 e. The highest BCUT2D eigenvalue weighted by Gasteiger charge is 2.42. The number of amides is 1. The van der Waals surface area contributed by atoms with E-state index in [1.807, 2.05) is 41.3 Å². The van der Waals surface area contributed by atoms with E-state index in [0.717, 1.165) is 46.2 Å². The van der Waals surface area contributed by atoms with Crippen LogP contribution in [0, 0.1) is 5.92 Å². The summed E-state index contributed by atoms with van der Waals surface area (Å²) < 4.78 is 53.9. The molecule has 3 fully saturated rings. The molecule has 246 valence electrons. The molecule has 2 aromatic carbocycles. The van der Waals surface area contributed by atoms with Crippen LogP contribution in [0.15, 0.2) is 48.7 Å². The molecule has 46 heavy (non-hydrogen) atoms. The topological polar surface area (TPSA) is 80.1 Å². The molecule has 9 nitrogen and oxygen atoms in total. The fourth-order valence-electron chi connectivity index (χ4n) is 6.23. The van der Waals surface area contributed by atoms with Crippen LogP contribution >= 0.6 is 11.6 Å². The maximum Gasteiger partial charge on any atom is 0.433 e. The number of hydrogen-bond donors (Lipinski definition) is 0. The number of alkyl halides is 3. The van der Waals surface area contributed by atoms with E-state index in [0.29, 0.717) is 63.1 Å². The van der Waals surface area contributed by atoms with Gasteiger partial charge in [0.05, 0.1) is 25.5 Å². The first-order valence-electron chi connectivity index (χ1n) is 15.8. The molecule has 0 spiro atoms. The van der Waals surface area contributed by atoms with E-state index in [1.54, 1.807) is 17.9 Å². The zero-order valence-electron chi connectivity index (χ0n) is 25.6. The van der Waals surface area contributed by atoms with Crippen molar-refractivity contribution in [2.24, 2.45) is 5.92 Å². The Morgan fingerprint density at radius 1 is 0.957 bits per heavy atom. The molecule has 2 saturated heterocycles. The summed E-state index contributed by atoms with van der Waals surface area (Å²) >= 11 is 6.44. The van der Waals surface area contributed by atoms with Gasteiger partial charge in [-0.3, -0.25) is 4.68 Å². The van der Waals surface area contributed by atoms with Crippen LogP contribution < -0.4 is 9.80 Å². The average molecular weight is 660 g/mol. The van der Waals surface area contributed by atoms with Crippen molar-refractivity contribution in [3.8, 4) is 11.1 Å². The van der Waals surface area contributed by atoms with Crippen molar-refractivity contribution in [1.29, 1.82) is 0 Å². The highest BCUT2D eigenvalue weighted by molar-refractivity contribution is 6.31. The van der Waals surface area contributed by atoms with Crippen LogP contribution in [-0.4, -0.2) is 79.2 Å². The third-order valence-corrected chi connectivity index (χ3v) is 9.06. The van der Waals surface area contributed by atoms with E-state index in [9.17, 15) is 22.8 Å². The number of rotatable bonds is 8. The number of benzene rings is 2. The molecule has 1 aliphatic carbocycles. The molecule has 1 aromatic heterocycles. The molecule has 0 radical (unpaired) electrons. The number of hydrogen-bond acceptors (Lipinski definition) is 7. The van der Waals surface area contributed by atoms with Gasteiger partial charge in [0.15, 0.2) is 5.69 Å². The Morgan fingerprint density at radius 3 is 2.37 bits per heavy atom. The Balaban J connectivity index is 1.17. The van der Waals surface area contributed by atoms with Crippen molar-refractivity contribution in [3.63, 3.8) is 0 Å². The molecule has 6 rings (SSSR count). The van der Waals surface area contributed by atoms with Crippen molar-refractivity contribution in [2.75, 3.05) is 62.3 Å². The van der Waals surface area contributed by atoms with E-state index < -0.39 is 29.4 Å². The second kappa shape index (κ2) is 13.4. The Morgan fingerprint density at radius 2 is 1.70 bits per heavy atom. The number of carbonyl (C=O) groups is 2. The van der Waals surface area contributed by atoms with E-state index in [-0.39, 0.29) is 19.2 Å². The lowest BCUT2D eigenvalue weighted by molar-refractivity contribution is -0.145. The number of ether oxygens (including phenoxy) is 2. The van der Waals surface area contributed by atoms with Gasteiger partial charge in [0.2, 0.25) is 0 Å². The molecule has 1 saturated carbocycles. The zero-order valence-corrected chi connectivity index (χ0v) is 26.4. The lowest BCUT2D eigenvalue weighted by Crippen LogP contribution is -2.49. The fraction of sp³-hybridized carbons (Fsp3) is 0.485. The largest absolute Gasteiger partial charge is 0.462 e. The number of carbonyl (C=O) groups excluding carboxylic acids is 2. The van der Waals surface area contributed by atoms with Gasteiger partial charge < -0.3 is 24.2 Å². The van der Waals surface area contributed by atoms with Gasteiger partial charge in [0.25, 0.3) is 0 Å². The van der Waals surface area contributed by atoms with E-state index in [2.05, 4.69) is 10.00 Å². The summed E-state index contributed by atoms with van der Waals surface area (Å²) in [6, 6.07) is 13.1. The lowest BCUT2D eigenvalue weighted by Gasteiger charge is -2.36. The molecule has 2 aliphatic heterocycles. The summed E-state index contributed by atoms with van der Waals surface area (Å²) in [4.78, 5) is 30.7. The number of piperidine rings is 1. The molecule has 0 N–H and O–H groups in total. The second-order valence-corrected chi connectivity index (χ2v) is 12.5. The molecule has 3 aromatic rings. The first-order valence-corrected chi connectivity index (χ1v) is 16.1. The van der Waals surface area contributed by atoms with Crippen molar-refractivity contribution >= 4 is 35.0 Å². The summed E-state index contributed by atoms with van der Waals surface area (Å²) in [6.45, 7) is 5.49. The number of halogens is 4. The van der Waals surface area contributed by atoms with Gasteiger partial charge in [0.1, 0.15) is 5.56 Å². The minimum atomic E-state index is -4.78. The number of aromatic nitrogens is 2. The summed E-state index contributed by atoms with van der Waals surface area (Å²) in [5.41, 5.74) is 2.04. The van der Waals surface area contributed by atoms with Crippen molar-refractivity contribution in [3.05, 3.63) is 64.9 Å². The summed E-state index contributed by atoms with van der Waals surface area (Å²) in [7, 11) is 0. The van der Waals surface area contributed by atoms with Crippen LogP contribution in [0.5, 0.6) is 0 Å². The average Bonchev–Trinajstić information content (AvgIpc) is 3.77. The minimum absolute atomic E-state index is 0.0373. The van der Waals surface area contributed by atoms with E-state index in [1.165, 1.54) is 0 Å². The lowest BCUT2D eigenvalue weighted by atomic mass is 9.99. The first kappa shape index (κ1) is 32.0. The molecule has 13 heteroatoms. The van der Waals surface area contributed by atoms with Gasteiger partial charge >= 0.3 is 18.2 Å². The minimum Gasteiger partial charge on any atom is -0.462 e. The molecule has 1 unspecified atom stereocenters. The van der Waals surface area contributed by atoms with Gasteiger partial charge in [-0.25, -0.2) is 9.59 Å². The normalized spacial score (nSPS) is 18.9. The van der Waals surface area contributed by atoms with Crippen molar-refractivity contribution in [2.45, 2.75) is 44.8 Å². The predicted molar refractivity (Wildman–Crippen MR) is 168 cm³/mol. The van der Waals surface area contributed by atoms with Crippen LogP contribution in [0.2, 0.25) is 5.02 Å². The number of piperazine rings is 1.